The predicted molar refractivity (Wildman–Crippen MR) is 98.7 cm³/mol. The summed E-state index contributed by atoms with van der Waals surface area (Å²) in [4.78, 5) is 25.3. The minimum absolute atomic E-state index is 0.0324. The number of carboxylic acid groups (broad SMARTS) is 1. The van der Waals surface area contributed by atoms with Crippen LogP contribution >= 0.6 is 0 Å². The molecule has 0 saturated heterocycles. The van der Waals surface area contributed by atoms with Gasteiger partial charge in [0.2, 0.25) is 0 Å². The van der Waals surface area contributed by atoms with Gasteiger partial charge in [-0.3, -0.25) is 14.5 Å². The lowest BCUT2D eigenvalue weighted by Crippen LogP contribution is -2.50. The molecule has 0 aliphatic carbocycles. The summed E-state index contributed by atoms with van der Waals surface area (Å²) < 4.78 is 10.6. The van der Waals surface area contributed by atoms with Crippen LogP contribution in [0.4, 0.5) is 0 Å². The average molecular weight is 360 g/mol. The maximum Gasteiger partial charge on any atom is 0.321 e. The Morgan fingerprint density at radius 2 is 1.52 bits per heavy atom. The molecule has 0 amide bonds. The number of carbonyl (C=O) groups excluding carboxylic acids is 1. The molecule has 6 heteroatoms. The second-order valence-electron chi connectivity index (χ2n) is 6.94. The Balaban J connectivity index is 4.06. The molecule has 25 heavy (non-hydrogen) atoms. The summed E-state index contributed by atoms with van der Waals surface area (Å²) in [5.74, 6) is -1.49. The molecule has 0 aromatic heterocycles. The van der Waals surface area contributed by atoms with Gasteiger partial charge in [0.25, 0.3) is 0 Å². The van der Waals surface area contributed by atoms with Crippen LogP contribution in [0.3, 0.4) is 0 Å². The molecule has 1 unspecified atom stereocenters. The third-order valence-corrected chi connectivity index (χ3v) is 4.08. The van der Waals surface area contributed by atoms with Gasteiger partial charge >= 0.3 is 11.9 Å². The molecule has 0 aliphatic rings. The van der Waals surface area contributed by atoms with E-state index in [1.54, 1.807) is 0 Å². The smallest absolute Gasteiger partial charge is 0.321 e. The maximum absolute atomic E-state index is 11.9. The van der Waals surface area contributed by atoms with Gasteiger partial charge in [-0.15, -0.1) is 0 Å². The molecule has 0 fully saturated rings. The number of rotatable bonds is 15. The van der Waals surface area contributed by atoms with Crippen molar-refractivity contribution in [3.8, 4) is 0 Å². The van der Waals surface area contributed by atoms with Gasteiger partial charge in [-0.2, -0.15) is 0 Å². The summed E-state index contributed by atoms with van der Waals surface area (Å²) in [6.45, 7) is 11.1. The molecular weight excluding hydrogens is 322 g/mol. The summed E-state index contributed by atoms with van der Waals surface area (Å²) >= 11 is 0. The van der Waals surface area contributed by atoms with E-state index in [1.165, 1.54) is 19.3 Å². The normalized spacial score (nSPS) is 12.8. The van der Waals surface area contributed by atoms with Gasteiger partial charge in [0, 0.05) is 18.7 Å². The van der Waals surface area contributed by atoms with Crippen LogP contribution in [0.15, 0.2) is 0 Å². The van der Waals surface area contributed by atoms with E-state index in [0.717, 1.165) is 12.8 Å². The fraction of sp³-hybridized carbons (Fsp3) is 0.895. The quantitative estimate of drug-likeness (QED) is 0.356. The van der Waals surface area contributed by atoms with Gasteiger partial charge in [0.1, 0.15) is 12.6 Å². The highest BCUT2D eigenvalue weighted by Gasteiger charge is 2.32. The van der Waals surface area contributed by atoms with E-state index in [1.807, 2.05) is 32.6 Å². The van der Waals surface area contributed by atoms with Crippen molar-refractivity contribution in [2.45, 2.75) is 91.3 Å². The molecule has 0 heterocycles. The van der Waals surface area contributed by atoms with Crippen LogP contribution in [-0.4, -0.2) is 59.9 Å². The molecule has 0 aromatic carbocycles. The zero-order chi connectivity index (χ0) is 19.2. The van der Waals surface area contributed by atoms with E-state index >= 15 is 0 Å². The molecule has 0 bridgehead atoms. The highest BCUT2D eigenvalue weighted by Crippen LogP contribution is 2.15. The van der Waals surface area contributed by atoms with E-state index in [4.69, 9.17) is 9.47 Å². The van der Waals surface area contributed by atoms with Crippen LogP contribution < -0.4 is 0 Å². The molecule has 0 radical (unpaired) electrons. The molecule has 0 rings (SSSR count). The Morgan fingerprint density at radius 3 is 2.04 bits per heavy atom. The van der Waals surface area contributed by atoms with Crippen LogP contribution in [0.25, 0.3) is 0 Å². The van der Waals surface area contributed by atoms with Crippen molar-refractivity contribution in [1.29, 1.82) is 0 Å². The minimum Gasteiger partial charge on any atom is -0.480 e. The molecule has 0 spiro atoms. The van der Waals surface area contributed by atoms with Crippen molar-refractivity contribution >= 4 is 11.9 Å². The average Bonchev–Trinajstić information content (AvgIpc) is 2.51. The molecule has 0 saturated carbocycles. The van der Waals surface area contributed by atoms with E-state index in [-0.39, 0.29) is 25.1 Å². The van der Waals surface area contributed by atoms with Gasteiger partial charge < -0.3 is 14.6 Å². The number of aliphatic carboxylic acids is 1. The fourth-order valence-corrected chi connectivity index (χ4v) is 2.98. The number of unbranched alkanes of at least 4 members (excludes halogenated alkanes) is 4. The molecular formula is C19H37NO5. The number of carboxylic acids is 1. The minimum atomic E-state index is -0.998. The predicted octanol–water partition coefficient (Wildman–Crippen LogP) is 3.48. The van der Waals surface area contributed by atoms with Crippen molar-refractivity contribution in [2.75, 3.05) is 19.8 Å². The second-order valence-corrected chi connectivity index (χ2v) is 6.94. The van der Waals surface area contributed by atoms with Crippen molar-refractivity contribution < 1.29 is 24.2 Å². The summed E-state index contributed by atoms with van der Waals surface area (Å²) in [5.41, 5.74) is 0. The highest BCUT2D eigenvalue weighted by molar-refractivity contribution is 5.81. The van der Waals surface area contributed by atoms with Gasteiger partial charge in [0.05, 0.1) is 13.0 Å². The Morgan fingerprint density at radius 1 is 0.920 bits per heavy atom. The largest absolute Gasteiger partial charge is 0.480 e. The lowest BCUT2D eigenvalue weighted by atomic mass is 10.1. The summed E-state index contributed by atoms with van der Waals surface area (Å²) in [6, 6.07) is -0.804. The number of ether oxygens (including phenoxy) is 2. The van der Waals surface area contributed by atoms with E-state index in [2.05, 4.69) is 6.92 Å². The number of carbonyl (C=O) groups is 2. The van der Waals surface area contributed by atoms with Crippen molar-refractivity contribution in [3.63, 3.8) is 0 Å². The Hall–Kier alpha value is -1.14. The summed E-state index contributed by atoms with van der Waals surface area (Å²) in [5, 5.41) is 9.45. The Kier molecular flexibility index (Phi) is 13.4. The third kappa shape index (κ3) is 11.2. The van der Waals surface area contributed by atoms with Crippen LogP contribution in [0.2, 0.25) is 0 Å². The zero-order valence-electron chi connectivity index (χ0n) is 16.6. The van der Waals surface area contributed by atoms with Gasteiger partial charge in [0.15, 0.2) is 0 Å². The van der Waals surface area contributed by atoms with Crippen LogP contribution in [0, 0.1) is 0 Å². The molecule has 0 aliphatic heterocycles. The first-order valence-corrected chi connectivity index (χ1v) is 9.54. The Bertz CT molecular complexity index is 363. The van der Waals surface area contributed by atoms with Crippen LogP contribution in [-0.2, 0) is 19.1 Å². The number of nitrogens with zero attached hydrogens (tertiary/aromatic N) is 1. The first kappa shape index (κ1) is 23.9. The zero-order valence-corrected chi connectivity index (χ0v) is 16.6. The SMILES string of the molecule is CCCCCCCOCCOC(=O)CC(C(=O)O)N(C(C)C)C(C)C. The van der Waals surface area contributed by atoms with Gasteiger partial charge in [-0.1, -0.05) is 32.6 Å². The summed E-state index contributed by atoms with van der Waals surface area (Å²) in [7, 11) is 0. The van der Waals surface area contributed by atoms with Crippen molar-refractivity contribution in [1.82, 2.24) is 4.90 Å². The number of hydrogen-bond donors (Lipinski definition) is 1. The van der Waals surface area contributed by atoms with E-state index < -0.39 is 18.0 Å². The van der Waals surface area contributed by atoms with E-state index in [0.29, 0.717) is 13.2 Å². The lowest BCUT2D eigenvalue weighted by Gasteiger charge is -2.35. The van der Waals surface area contributed by atoms with Crippen molar-refractivity contribution in [2.24, 2.45) is 0 Å². The highest BCUT2D eigenvalue weighted by atomic mass is 16.6. The molecule has 148 valence electrons. The molecule has 1 N–H and O–H groups in total. The molecule has 1 atom stereocenters. The Labute approximate surface area is 152 Å². The second kappa shape index (κ2) is 14.1. The fourth-order valence-electron chi connectivity index (χ4n) is 2.98. The monoisotopic (exact) mass is 359 g/mol. The van der Waals surface area contributed by atoms with E-state index in [9.17, 15) is 14.7 Å². The van der Waals surface area contributed by atoms with Gasteiger partial charge in [-0.05, 0) is 34.1 Å². The third-order valence-electron chi connectivity index (χ3n) is 4.08. The first-order chi connectivity index (χ1) is 11.8. The summed E-state index contributed by atoms with van der Waals surface area (Å²) in [6.07, 6.45) is 5.74. The lowest BCUT2D eigenvalue weighted by molar-refractivity contribution is -0.155. The molecule has 6 nitrogen and oxygen atoms in total. The topological polar surface area (TPSA) is 76.1 Å². The first-order valence-electron chi connectivity index (χ1n) is 9.54. The number of esters is 1. The van der Waals surface area contributed by atoms with Gasteiger partial charge in [-0.25, -0.2) is 0 Å². The standard InChI is InChI=1S/C19H37NO5/c1-6-7-8-9-10-11-24-12-13-25-18(21)14-17(19(22)23)20(15(2)3)16(4)5/h15-17H,6-14H2,1-5H3,(H,22,23). The maximum atomic E-state index is 11.9. The molecule has 0 aromatic rings. The van der Waals surface area contributed by atoms with Crippen LogP contribution in [0.5, 0.6) is 0 Å². The van der Waals surface area contributed by atoms with Crippen molar-refractivity contribution in [3.05, 3.63) is 0 Å². The number of hydrogen-bond acceptors (Lipinski definition) is 5. The van der Waals surface area contributed by atoms with Crippen LogP contribution in [0.1, 0.15) is 73.1 Å².